The third kappa shape index (κ3) is 3.76. The molecule has 0 amide bonds. The molecule has 0 radical (unpaired) electrons. The first kappa shape index (κ1) is 15.8. The summed E-state index contributed by atoms with van der Waals surface area (Å²) >= 11 is 3.53. The lowest BCUT2D eigenvalue weighted by Gasteiger charge is -2.34. The lowest BCUT2D eigenvalue weighted by atomic mass is 9.77. The zero-order valence-electron chi connectivity index (χ0n) is 12.8. The number of methoxy groups -OCH3 is 1. The van der Waals surface area contributed by atoms with E-state index >= 15 is 0 Å². The number of nitrogens with one attached hydrogen (secondary N) is 1. The molecular formula is C17H26BrNO. The molecule has 0 aromatic heterocycles. The fraction of sp³-hybridized carbons (Fsp3) is 0.647. The van der Waals surface area contributed by atoms with Gasteiger partial charge in [0.25, 0.3) is 0 Å². The van der Waals surface area contributed by atoms with Gasteiger partial charge in [-0.1, -0.05) is 48.7 Å². The topological polar surface area (TPSA) is 21.3 Å². The molecule has 1 aromatic carbocycles. The molecule has 1 saturated carbocycles. The molecule has 1 aliphatic rings. The summed E-state index contributed by atoms with van der Waals surface area (Å²) in [6.07, 6.45) is 5.34. The van der Waals surface area contributed by atoms with Crippen LogP contribution in [0.25, 0.3) is 0 Å². The minimum absolute atomic E-state index is 0.413. The van der Waals surface area contributed by atoms with Crippen molar-refractivity contribution in [1.82, 2.24) is 5.32 Å². The first-order valence-corrected chi connectivity index (χ1v) is 8.51. The summed E-state index contributed by atoms with van der Waals surface area (Å²) < 4.78 is 6.67. The van der Waals surface area contributed by atoms with Gasteiger partial charge in [-0.15, -0.1) is 0 Å². The predicted molar refractivity (Wildman–Crippen MR) is 88.2 cm³/mol. The molecule has 1 atom stereocenters. The van der Waals surface area contributed by atoms with Crippen LogP contribution in [0.1, 0.15) is 51.1 Å². The molecule has 3 heteroatoms. The Balaban J connectivity index is 2.23. The maximum atomic E-state index is 5.60. The van der Waals surface area contributed by atoms with Gasteiger partial charge in [-0.2, -0.15) is 0 Å². The van der Waals surface area contributed by atoms with Crippen molar-refractivity contribution in [3.05, 3.63) is 28.2 Å². The van der Waals surface area contributed by atoms with Crippen LogP contribution in [-0.2, 0) is 0 Å². The van der Waals surface area contributed by atoms with Gasteiger partial charge in [0.05, 0.1) is 7.11 Å². The van der Waals surface area contributed by atoms with Crippen LogP contribution in [-0.4, -0.2) is 13.7 Å². The van der Waals surface area contributed by atoms with Gasteiger partial charge in [0, 0.05) is 16.1 Å². The van der Waals surface area contributed by atoms with Gasteiger partial charge in [0.2, 0.25) is 0 Å². The summed E-state index contributed by atoms with van der Waals surface area (Å²) in [6, 6.07) is 6.81. The smallest absolute Gasteiger partial charge is 0.124 e. The molecule has 0 aliphatic heterocycles. The van der Waals surface area contributed by atoms with E-state index in [4.69, 9.17) is 4.74 Å². The molecular weight excluding hydrogens is 314 g/mol. The number of halogens is 1. The largest absolute Gasteiger partial charge is 0.496 e. The molecule has 0 bridgehead atoms. The summed E-state index contributed by atoms with van der Waals surface area (Å²) in [4.78, 5) is 0. The van der Waals surface area contributed by atoms with Crippen molar-refractivity contribution in [1.29, 1.82) is 0 Å². The average Bonchev–Trinajstić information content (AvgIpc) is 2.46. The molecule has 1 aliphatic carbocycles. The van der Waals surface area contributed by atoms with Gasteiger partial charge in [0.15, 0.2) is 0 Å². The molecule has 1 N–H and O–H groups in total. The first-order chi connectivity index (χ1) is 9.65. The van der Waals surface area contributed by atoms with E-state index in [2.05, 4.69) is 53.3 Å². The third-order valence-electron chi connectivity index (χ3n) is 4.49. The Morgan fingerprint density at radius 3 is 2.60 bits per heavy atom. The molecule has 0 saturated heterocycles. The second-order valence-electron chi connectivity index (χ2n) is 5.94. The van der Waals surface area contributed by atoms with Crippen LogP contribution in [0.15, 0.2) is 22.7 Å². The number of benzene rings is 1. The highest BCUT2D eigenvalue weighted by molar-refractivity contribution is 9.10. The van der Waals surface area contributed by atoms with Crippen molar-refractivity contribution in [2.75, 3.05) is 13.7 Å². The van der Waals surface area contributed by atoms with Gasteiger partial charge in [-0.25, -0.2) is 0 Å². The summed E-state index contributed by atoms with van der Waals surface area (Å²) in [6.45, 7) is 5.55. The van der Waals surface area contributed by atoms with Crippen molar-refractivity contribution in [2.24, 2.45) is 11.8 Å². The molecule has 0 spiro atoms. The van der Waals surface area contributed by atoms with E-state index in [1.807, 2.05) is 0 Å². The van der Waals surface area contributed by atoms with E-state index in [-0.39, 0.29) is 0 Å². The molecule has 2 rings (SSSR count). The summed E-state index contributed by atoms with van der Waals surface area (Å²) in [7, 11) is 1.76. The average molecular weight is 340 g/mol. The minimum atomic E-state index is 0.413. The molecule has 112 valence electrons. The van der Waals surface area contributed by atoms with Crippen LogP contribution in [0.5, 0.6) is 5.75 Å². The normalized spacial score (nSPS) is 24.4. The van der Waals surface area contributed by atoms with Crippen molar-refractivity contribution >= 4 is 15.9 Å². The van der Waals surface area contributed by atoms with E-state index in [1.54, 1.807) is 7.11 Å². The zero-order valence-corrected chi connectivity index (χ0v) is 14.4. The van der Waals surface area contributed by atoms with Crippen molar-refractivity contribution in [3.63, 3.8) is 0 Å². The maximum absolute atomic E-state index is 5.60. The fourth-order valence-corrected chi connectivity index (χ4v) is 3.65. The fourth-order valence-electron chi connectivity index (χ4n) is 3.31. The van der Waals surface area contributed by atoms with Gasteiger partial charge < -0.3 is 10.1 Å². The Labute approximate surface area is 131 Å². The van der Waals surface area contributed by atoms with Gasteiger partial charge >= 0.3 is 0 Å². The van der Waals surface area contributed by atoms with E-state index in [0.717, 1.165) is 28.6 Å². The molecule has 20 heavy (non-hydrogen) atoms. The molecule has 1 unspecified atom stereocenters. The number of hydrogen-bond donors (Lipinski definition) is 1. The maximum Gasteiger partial charge on any atom is 0.124 e. The van der Waals surface area contributed by atoms with Gasteiger partial charge in [0.1, 0.15) is 5.75 Å². The Hall–Kier alpha value is -0.540. The Kier molecular flexibility index (Phi) is 5.91. The van der Waals surface area contributed by atoms with Crippen molar-refractivity contribution < 1.29 is 4.74 Å². The van der Waals surface area contributed by atoms with Crippen LogP contribution in [0.4, 0.5) is 0 Å². The lowest BCUT2D eigenvalue weighted by molar-refractivity contribution is 0.230. The third-order valence-corrected chi connectivity index (χ3v) is 4.98. The molecule has 1 fully saturated rings. The van der Waals surface area contributed by atoms with Crippen molar-refractivity contribution in [3.8, 4) is 5.75 Å². The lowest BCUT2D eigenvalue weighted by Crippen LogP contribution is -2.31. The standard InChI is InChI=1S/C17H26BrNO/c1-4-19-17(13-7-5-12(2)6-8-13)15-10-9-14(18)11-16(15)20-3/h9-13,17,19H,4-8H2,1-3H3. The number of ether oxygens (including phenoxy) is 1. The van der Waals surface area contributed by atoms with E-state index in [0.29, 0.717) is 6.04 Å². The SMILES string of the molecule is CCNC(c1ccc(Br)cc1OC)C1CCC(C)CC1. The van der Waals surface area contributed by atoms with Gasteiger partial charge in [-0.05, 0) is 43.4 Å². The zero-order chi connectivity index (χ0) is 14.5. The second-order valence-corrected chi connectivity index (χ2v) is 6.86. The minimum Gasteiger partial charge on any atom is -0.496 e. The van der Waals surface area contributed by atoms with Crippen molar-refractivity contribution in [2.45, 2.75) is 45.6 Å². The summed E-state index contributed by atoms with van der Waals surface area (Å²) in [5, 5.41) is 3.68. The number of hydrogen-bond acceptors (Lipinski definition) is 2. The molecule has 2 nitrogen and oxygen atoms in total. The van der Waals surface area contributed by atoms with Crippen LogP contribution in [0, 0.1) is 11.8 Å². The molecule has 0 heterocycles. The summed E-state index contributed by atoms with van der Waals surface area (Å²) in [5.41, 5.74) is 1.30. The summed E-state index contributed by atoms with van der Waals surface area (Å²) in [5.74, 6) is 2.60. The predicted octanol–water partition coefficient (Wildman–Crippen LogP) is 4.93. The van der Waals surface area contributed by atoms with Crippen LogP contribution in [0.2, 0.25) is 0 Å². The van der Waals surface area contributed by atoms with E-state index in [9.17, 15) is 0 Å². The highest BCUT2D eigenvalue weighted by Gasteiger charge is 2.28. The van der Waals surface area contributed by atoms with Crippen LogP contribution >= 0.6 is 15.9 Å². The Bertz CT molecular complexity index is 427. The Morgan fingerprint density at radius 1 is 1.30 bits per heavy atom. The Morgan fingerprint density at radius 2 is 2.00 bits per heavy atom. The number of rotatable bonds is 5. The van der Waals surface area contributed by atoms with Gasteiger partial charge in [-0.3, -0.25) is 0 Å². The quantitative estimate of drug-likeness (QED) is 0.820. The second kappa shape index (κ2) is 7.46. The van der Waals surface area contributed by atoms with Crippen LogP contribution in [0.3, 0.4) is 0 Å². The highest BCUT2D eigenvalue weighted by Crippen LogP contribution is 2.40. The highest BCUT2D eigenvalue weighted by atomic mass is 79.9. The van der Waals surface area contributed by atoms with E-state index < -0.39 is 0 Å². The first-order valence-electron chi connectivity index (χ1n) is 7.72. The van der Waals surface area contributed by atoms with E-state index in [1.165, 1.54) is 31.2 Å². The van der Waals surface area contributed by atoms with Crippen LogP contribution < -0.4 is 10.1 Å². The monoisotopic (exact) mass is 339 g/mol. The molecule has 1 aromatic rings.